The van der Waals surface area contributed by atoms with Crippen LogP contribution in [0.25, 0.3) is 0 Å². The molecule has 0 aliphatic rings. The Bertz CT molecular complexity index is 112. The standard InChI is InChI=1S/C4H8N2O3/c5-3-1-2-4-6(7,8)9/h7-8H,1-2,4H2. The van der Waals surface area contributed by atoms with E-state index in [1.807, 2.05) is 0 Å². The zero-order valence-corrected chi connectivity index (χ0v) is 4.82. The lowest BCUT2D eigenvalue weighted by Gasteiger charge is -2.22. The summed E-state index contributed by atoms with van der Waals surface area (Å²) < 4.78 is 0. The molecule has 0 atom stereocenters. The van der Waals surface area contributed by atoms with E-state index in [2.05, 4.69) is 0 Å². The maximum Gasteiger partial charge on any atom is 0.143 e. The number of quaternary nitrogens is 1. The third-order valence-electron chi connectivity index (χ3n) is 0.738. The molecule has 0 spiro atoms. The van der Waals surface area contributed by atoms with Gasteiger partial charge in [0.2, 0.25) is 0 Å². The molecular weight excluding hydrogens is 124 g/mol. The van der Waals surface area contributed by atoms with Gasteiger partial charge in [-0.3, -0.25) is 0 Å². The Kier molecular flexibility index (Phi) is 3.12. The van der Waals surface area contributed by atoms with Crippen LogP contribution >= 0.6 is 0 Å². The minimum absolute atomic E-state index is 0.170. The highest BCUT2D eigenvalue weighted by Gasteiger charge is 2.06. The molecule has 0 bridgehead atoms. The number of rotatable bonds is 3. The van der Waals surface area contributed by atoms with Crippen molar-refractivity contribution in [2.45, 2.75) is 12.8 Å². The van der Waals surface area contributed by atoms with E-state index in [0.717, 1.165) is 0 Å². The number of nitriles is 1. The second-order valence-electron chi connectivity index (χ2n) is 1.65. The zero-order valence-electron chi connectivity index (χ0n) is 4.82. The van der Waals surface area contributed by atoms with Gasteiger partial charge in [0, 0.05) is 12.8 Å². The summed E-state index contributed by atoms with van der Waals surface area (Å²) in [5, 5.41) is 34.0. The normalized spacial score (nSPS) is 10.9. The molecule has 0 aliphatic heterocycles. The third kappa shape index (κ3) is 7.33. The highest BCUT2D eigenvalue weighted by molar-refractivity contribution is 4.67. The van der Waals surface area contributed by atoms with Gasteiger partial charge in [-0.25, -0.2) is 0 Å². The first-order chi connectivity index (χ1) is 4.06. The van der Waals surface area contributed by atoms with Gasteiger partial charge in [-0.2, -0.15) is 15.7 Å². The summed E-state index contributed by atoms with van der Waals surface area (Å²) in [7, 11) is 0. The van der Waals surface area contributed by atoms with E-state index in [-0.39, 0.29) is 19.4 Å². The summed E-state index contributed by atoms with van der Waals surface area (Å²) in [6.45, 7) is -0.354. The molecule has 5 heteroatoms. The number of hydrogen-bond acceptors (Lipinski definition) is 4. The summed E-state index contributed by atoms with van der Waals surface area (Å²) in [5.74, 6) is 0. The molecule has 0 aromatic carbocycles. The molecule has 2 N–H and O–H groups in total. The Morgan fingerprint density at radius 3 is 2.44 bits per heavy atom. The lowest BCUT2D eigenvalue weighted by Crippen LogP contribution is -2.34. The highest BCUT2D eigenvalue weighted by Crippen LogP contribution is 1.95. The average molecular weight is 132 g/mol. The Morgan fingerprint density at radius 2 is 2.11 bits per heavy atom. The van der Waals surface area contributed by atoms with Crippen LogP contribution in [0.5, 0.6) is 0 Å². The molecule has 5 nitrogen and oxygen atoms in total. The van der Waals surface area contributed by atoms with Crippen LogP contribution in [0.1, 0.15) is 12.8 Å². The van der Waals surface area contributed by atoms with Crippen LogP contribution in [-0.2, 0) is 0 Å². The summed E-state index contributed by atoms with van der Waals surface area (Å²) in [6.07, 6.45) is 0.371. The first-order valence-corrected chi connectivity index (χ1v) is 2.48. The SMILES string of the molecule is N#CCCC[N+]([O-])(O)O. The zero-order chi connectivity index (χ0) is 7.33. The number of hydrogen-bond donors (Lipinski definition) is 2. The number of unbranched alkanes of at least 4 members (excludes halogenated alkanes) is 1. The van der Waals surface area contributed by atoms with Gasteiger partial charge in [0.05, 0.1) is 6.07 Å². The van der Waals surface area contributed by atoms with Crippen LogP contribution in [0.4, 0.5) is 0 Å². The van der Waals surface area contributed by atoms with E-state index in [9.17, 15) is 5.21 Å². The predicted octanol–water partition coefficient (Wildman–Crippen LogP) is 0.383. The molecule has 0 aliphatic carbocycles. The van der Waals surface area contributed by atoms with Crippen molar-refractivity contribution in [2.24, 2.45) is 0 Å². The smallest absolute Gasteiger partial charge is 0.143 e. The molecular formula is C4H8N2O3. The Labute approximate surface area is 52.4 Å². The first-order valence-electron chi connectivity index (χ1n) is 2.48. The number of nitrogens with zero attached hydrogens (tertiary/aromatic N) is 2. The van der Waals surface area contributed by atoms with Crippen molar-refractivity contribution >= 4 is 0 Å². The van der Waals surface area contributed by atoms with Crippen LogP contribution in [0.2, 0.25) is 0 Å². The molecule has 9 heavy (non-hydrogen) atoms. The molecule has 0 rings (SSSR count). The van der Waals surface area contributed by atoms with Crippen LogP contribution in [0, 0.1) is 16.5 Å². The van der Waals surface area contributed by atoms with Gasteiger partial charge in [-0.15, -0.1) is 0 Å². The van der Waals surface area contributed by atoms with Crippen LogP contribution < -0.4 is 0 Å². The van der Waals surface area contributed by atoms with Crippen LogP contribution in [0.3, 0.4) is 0 Å². The third-order valence-corrected chi connectivity index (χ3v) is 0.738. The Morgan fingerprint density at radius 1 is 1.56 bits per heavy atom. The van der Waals surface area contributed by atoms with Gasteiger partial charge in [0.15, 0.2) is 0 Å². The second-order valence-corrected chi connectivity index (χ2v) is 1.65. The van der Waals surface area contributed by atoms with Gasteiger partial charge < -0.3 is 5.21 Å². The maximum absolute atomic E-state index is 9.92. The van der Waals surface area contributed by atoms with Gasteiger partial charge in [-0.1, -0.05) is 4.97 Å². The van der Waals surface area contributed by atoms with Gasteiger partial charge >= 0.3 is 0 Å². The molecule has 0 saturated carbocycles. The quantitative estimate of drug-likeness (QED) is 0.330. The van der Waals surface area contributed by atoms with Crippen molar-refractivity contribution in [3.8, 4) is 6.07 Å². The lowest BCUT2D eigenvalue weighted by atomic mass is 10.3. The molecule has 0 aromatic heterocycles. The van der Waals surface area contributed by atoms with E-state index in [1.54, 1.807) is 6.07 Å². The van der Waals surface area contributed by atoms with E-state index in [0.29, 0.717) is 0 Å². The number of hydroxylamine groups is 3. The van der Waals surface area contributed by atoms with E-state index >= 15 is 0 Å². The molecule has 0 saturated heterocycles. The van der Waals surface area contributed by atoms with Crippen molar-refractivity contribution in [3.05, 3.63) is 5.21 Å². The Hall–Kier alpha value is -0.670. The lowest BCUT2D eigenvalue weighted by molar-refractivity contribution is -1.21. The van der Waals surface area contributed by atoms with Gasteiger partial charge in [-0.05, 0) is 0 Å². The fraction of sp³-hybridized carbons (Fsp3) is 0.750. The molecule has 0 aromatic rings. The van der Waals surface area contributed by atoms with E-state index in [4.69, 9.17) is 15.7 Å². The van der Waals surface area contributed by atoms with E-state index in [1.165, 1.54) is 0 Å². The molecule has 0 unspecified atom stereocenters. The summed E-state index contributed by atoms with van der Waals surface area (Å²) in [4.78, 5) is -2.29. The molecule has 0 radical (unpaired) electrons. The van der Waals surface area contributed by atoms with E-state index < -0.39 is 4.97 Å². The largest absolute Gasteiger partial charge is 0.564 e. The van der Waals surface area contributed by atoms with Crippen molar-refractivity contribution in [1.29, 1.82) is 5.26 Å². The minimum atomic E-state index is -2.29. The minimum Gasteiger partial charge on any atom is -0.564 e. The van der Waals surface area contributed by atoms with Crippen LogP contribution in [-0.4, -0.2) is 21.9 Å². The maximum atomic E-state index is 9.92. The Balaban J connectivity index is 3.20. The average Bonchev–Trinajstić information content (AvgIpc) is 1.63. The monoisotopic (exact) mass is 132 g/mol. The predicted molar refractivity (Wildman–Crippen MR) is 26.9 cm³/mol. The van der Waals surface area contributed by atoms with Gasteiger partial charge in [0.1, 0.15) is 6.54 Å². The summed E-state index contributed by atoms with van der Waals surface area (Å²) >= 11 is 0. The van der Waals surface area contributed by atoms with Crippen molar-refractivity contribution in [3.63, 3.8) is 0 Å². The molecule has 52 valence electrons. The van der Waals surface area contributed by atoms with Crippen molar-refractivity contribution < 1.29 is 15.4 Å². The second kappa shape index (κ2) is 3.37. The molecule has 0 amide bonds. The first kappa shape index (κ1) is 8.33. The van der Waals surface area contributed by atoms with Crippen LogP contribution in [0.15, 0.2) is 0 Å². The van der Waals surface area contributed by atoms with Gasteiger partial charge in [0.25, 0.3) is 0 Å². The highest BCUT2D eigenvalue weighted by atomic mass is 17.1. The summed E-state index contributed by atoms with van der Waals surface area (Å²) in [6, 6.07) is 1.77. The summed E-state index contributed by atoms with van der Waals surface area (Å²) in [5.41, 5.74) is 0. The fourth-order valence-electron chi connectivity index (χ4n) is 0.364. The van der Waals surface area contributed by atoms with Crippen molar-refractivity contribution in [2.75, 3.05) is 6.54 Å². The fourth-order valence-corrected chi connectivity index (χ4v) is 0.364. The molecule has 0 fully saturated rings. The topological polar surface area (TPSA) is 87.3 Å². The molecule has 0 heterocycles. The van der Waals surface area contributed by atoms with Crippen molar-refractivity contribution in [1.82, 2.24) is 0 Å².